The summed E-state index contributed by atoms with van der Waals surface area (Å²) < 4.78 is 5.82. The van der Waals surface area contributed by atoms with Crippen LogP contribution < -0.4 is 4.74 Å². The maximum atomic E-state index is 11.0. The molecule has 1 aromatic carbocycles. The Kier molecular flexibility index (Phi) is 4.30. The number of ether oxygens (including phenoxy) is 1. The molecule has 1 saturated carbocycles. The van der Waals surface area contributed by atoms with Crippen molar-refractivity contribution in [3.8, 4) is 5.75 Å². The molecule has 4 nitrogen and oxygen atoms in total. The SMILES string of the molecule is CC1CCC(Oc2cc(Cl)ccc2[N+](=O)[O-])CC1C. The summed E-state index contributed by atoms with van der Waals surface area (Å²) in [6.07, 6.45) is 3.02. The van der Waals surface area contributed by atoms with Crippen LogP contribution in [0.15, 0.2) is 18.2 Å². The lowest BCUT2D eigenvalue weighted by Crippen LogP contribution is -2.28. The standard InChI is InChI=1S/C14H18ClNO3/c1-9-3-5-12(7-10(9)2)19-14-8-11(15)4-6-13(14)16(17)18/h4,6,8-10,12H,3,5,7H2,1-2H3. The van der Waals surface area contributed by atoms with Gasteiger partial charge in [-0.2, -0.15) is 0 Å². The van der Waals surface area contributed by atoms with Crippen molar-refractivity contribution in [2.45, 2.75) is 39.2 Å². The van der Waals surface area contributed by atoms with Gasteiger partial charge < -0.3 is 4.74 Å². The molecule has 2 rings (SSSR count). The van der Waals surface area contributed by atoms with Gasteiger partial charge in [0.25, 0.3) is 0 Å². The molecule has 1 aliphatic rings. The van der Waals surface area contributed by atoms with Crippen LogP contribution in [0.25, 0.3) is 0 Å². The molecular formula is C14H18ClNO3. The van der Waals surface area contributed by atoms with E-state index in [1.165, 1.54) is 18.2 Å². The van der Waals surface area contributed by atoms with Crippen LogP contribution in [0.2, 0.25) is 5.02 Å². The average Bonchev–Trinajstić information content (AvgIpc) is 2.33. The van der Waals surface area contributed by atoms with Gasteiger partial charge in [-0.3, -0.25) is 10.1 Å². The van der Waals surface area contributed by atoms with Gasteiger partial charge in [-0.1, -0.05) is 25.4 Å². The lowest BCUT2D eigenvalue weighted by Gasteiger charge is -2.32. The number of nitrogens with zero attached hydrogens (tertiary/aromatic N) is 1. The molecule has 1 fully saturated rings. The molecule has 0 N–H and O–H groups in total. The third kappa shape index (κ3) is 3.38. The predicted molar refractivity (Wildman–Crippen MR) is 74.7 cm³/mol. The number of hydrogen-bond acceptors (Lipinski definition) is 3. The molecule has 0 radical (unpaired) electrons. The second-order valence-corrected chi connectivity index (χ2v) is 5.81. The highest BCUT2D eigenvalue weighted by atomic mass is 35.5. The fourth-order valence-electron chi connectivity index (χ4n) is 2.52. The van der Waals surface area contributed by atoms with E-state index in [-0.39, 0.29) is 17.5 Å². The van der Waals surface area contributed by atoms with Gasteiger partial charge in [0.2, 0.25) is 0 Å². The van der Waals surface area contributed by atoms with E-state index in [2.05, 4.69) is 13.8 Å². The fourth-order valence-corrected chi connectivity index (χ4v) is 2.68. The van der Waals surface area contributed by atoms with Crippen molar-refractivity contribution in [2.75, 3.05) is 0 Å². The topological polar surface area (TPSA) is 52.4 Å². The predicted octanol–water partition coefficient (Wildman–Crippen LogP) is 4.45. The third-order valence-corrected chi connectivity index (χ3v) is 4.20. The quantitative estimate of drug-likeness (QED) is 0.608. The molecular weight excluding hydrogens is 266 g/mol. The number of rotatable bonds is 3. The van der Waals surface area contributed by atoms with Crippen LogP contribution in [-0.2, 0) is 0 Å². The molecule has 1 aliphatic carbocycles. The highest BCUT2D eigenvalue weighted by molar-refractivity contribution is 6.30. The minimum atomic E-state index is -0.430. The molecule has 1 aromatic rings. The molecule has 3 unspecified atom stereocenters. The van der Waals surface area contributed by atoms with Crippen molar-refractivity contribution in [1.29, 1.82) is 0 Å². The highest BCUT2D eigenvalue weighted by Crippen LogP contribution is 2.36. The van der Waals surface area contributed by atoms with Crippen LogP contribution in [-0.4, -0.2) is 11.0 Å². The summed E-state index contributed by atoms with van der Waals surface area (Å²) in [6, 6.07) is 4.44. The van der Waals surface area contributed by atoms with Crippen LogP contribution in [0.5, 0.6) is 5.75 Å². The summed E-state index contributed by atoms with van der Waals surface area (Å²) in [7, 11) is 0. The number of hydrogen-bond donors (Lipinski definition) is 0. The molecule has 0 spiro atoms. The van der Waals surface area contributed by atoms with Gasteiger partial charge in [-0.15, -0.1) is 0 Å². The second-order valence-electron chi connectivity index (χ2n) is 5.38. The Morgan fingerprint density at radius 1 is 1.32 bits per heavy atom. The molecule has 5 heteroatoms. The van der Waals surface area contributed by atoms with Crippen LogP contribution in [0.1, 0.15) is 33.1 Å². The number of benzene rings is 1. The maximum Gasteiger partial charge on any atom is 0.311 e. The van der Waals surface area contributed by atoms with Crippen molar-refractivity contribution >= 4 is 17.3 Å². The zero-order valence-electron chi connectivity index (χ0n) is 11.1. The molecule has 104 valence electrons. The molecule has 0 amide bonds. The van der Waals surface area contributed by atoms with E-state index >= 15 is 0 Å². The minimum Gasteiger partial charge on any atom is -0.483 e. The van der Waals surface area contributed by atoms with Crippen molar-refractivity contribution in [3.05, 3.63) is 33.3 Å². The third-order valence-electron chi connectivity index (χ3n) is 3.96. The Balaban J connectivity index is 2.14. The summed E-state index contributed by atoms with van der Waals surface area (Å²) in [5.74, 6) is 1.55. The van der Waals surface area contributed by atoms with E-state index in [1.807, 2.05) is 0 Å². The van der Waals surface area contributed by atoms with Gasteiger partial charge in [0.1, 0.15) is 0 Å². The lowest BCUT2D eigenvalue weighted by molar-refractivity contribution is -0.386. The Morgan fingerprint density at radius 3 is 2.68 bits per heavy atom. The van der Waals surface area contributed by atoms with Gasteiger partial charge in [-0.25, -0.2) is 0 Å². The van der Waals surface area contributed by atoms with Crippen LogP contribution in [0.4, 0.5) is 5.69 Å². The highest BCUT2D eigenvalue weighted by Gasteiger charge is 2.27. The molecule has 0 heterocycles. The summed E-state index contributed by atoms with van der Waals surface area (Å²) in [4.78, 5) is 10.5. The summed E-state index contributed by atoms with van der Waals surface area (Å²) in [6.45, 7) is 4.44. The van der Waals surface area contributed by atoms with Crippen molar-refractivity contribution < 1.29 is 9.66 Å². The Bertz CT molecular complexity index is 478. The monoisotopic (exact) mass is 283 g/mol. The van der Waals surface area contributed by atoms with E-state index in [4.69, 9.17) is 16.3 Å². The van der Waals surface area contributed by atoms with Gasteiger partial charge >= 0.3 is 5.69 Å². The summed E-state index contributed by atoms with van der Waals surface area (Å²) in [5, 5.41) is 11.4. The van der Waals surface area contributed by atoms with Gasteiger partial charge in [0.05, 0.1) is 11.0 Å². The summed E-state index contributed by atoms with van der Waals surface area (Å²) >= 11 is 5.89. The molecule has 0 aromatic heterocycles. The van der Waals surface area contributed by atoms with Crippen LogP contribution in [0, 0.1) is 22.0 Å². The first kappa shape index (κ1) is 14.1. The molecule has 19 heavy (non-hydrogen) atoms. The van der Waals surface area contributed by atoms with E-state index < -0.39 is 4.92 Å². The van der Waals surface area contributed by atoms with Crippen molar-refractivity contribution in [1.82, 2.24) is 0 Å². The molecule has 0 saturated heterocycles. The number of nitro benzene ring substituents is 1. The maximum absolute atomic E-state index is 11.0. The second kappa shape index (κ2) is 5.78. The summed E-state index contributed by atoms with van der Waals surface area (Å²) in [5.41, 5.74) is -0.0179. The first-order chi connectivity index (χ1) is 8.97. The van der Waals surface area contributed by atoms with E-state index in [0.29, 0.717) is 16.9 Å². The Morgan fingerprint density at radius 2 is 2.05 bits per heavy atom. The number of nitro groups is 1. The first-order valence-corrected chi connectivity index (χ1v) is 6.95. The van der Waals surface area contributed by atoms with Crippen molar-refractivity contribution in [3.63, 3.8) is 0 Å². The average molecular weight is 284 g/mol. The van der Waals surface area contributed by atoms with Gasteiger partial charge in [-0.05, 0) is 37.2 Å². The minimum absolute atomic E-state index is 0.0179. The molecule has 0 aliphatic heterocycles. The zero-order chi connectivity index (χ0) is 14.0. The number of halogens is 1. The zero-order valence-corrected chi connectivity index (χ0v) is 11.9. The van der Waals surface area contributed by atoms with Gasteiger partial charge in [0, 0.05) is 17.2 Å². The normalized spacial score (nSPS) is 27.0. The molecule has 0 bridgehead atoms. The Labute approximate surface area is 117 Å². The smallest absolute Gasteiger partial charge is 0.311 e. The van der Waals surface area contributed by atoms with Crippen LogP contribution in [0.3, 0.4) is 0 Å². The van der Waals surface area contributed by atoms with Crippen molar-refractivity contribution in [2.24, 2.45) is 11.8 Å². The molecule has 3 atom stereocenters. The fraction of sp³-hybridized carbons (Fsp3) is 0.571. The Hall–Kier alpha value is -1.29. The first-order valence-electron chi connectivity index (χ1n) is 6.58. The van der Waals surface area contributed by atoms with E-state index in [0.717, 1.165) is 19.3 Å². The van der Waals surface area contributed by atoms with Gasteiger partial charge in [0.15, 0.2) is 5.75 Å². The van der Waals surface area contributed by atoms with Crippen LogP contribution >= 0.6 is 11.6 Å². The van der Waals surface area contributed by atoms with E-state index in [9.17, 15) is 10.1 Å². The van der Waals surface area contributed by atoms with E-state index in [1.54, 1.807) is 0 Å². The lowest BCUT2D eigenvalue weighted by atomic mass is 9.80. The largest absolute Gasteiger partial charge is 0.483 e.